The molecule has 0 aromatic rings. The summed E-state index contributed by atoms with van der Waals surface area (Å²) < 4.78 is 0. The van der Waals surface area contributed by atoms with Crippen molar-refractivity contribution in [1.82, 2.24) is 5.32 Å². The van der Waals surface area contributed by atoms with Gasteiger partial charge in [0.1, 0.15) is 6.04 Å². The van der Waals surface area contributed by atoms with Crippen LogP contribution >= 0.6 is 0 Å². The van der Waals surface area contributed by atoms with E-state index in [2.05, 4.69) is 10.5 Å². The molecule has 0 aromatic heterocycles. The Morgan fingerprint density at radius 1 is 1.67 bits per heavy atom. The first-order valence-electron chi connectivity index (χ1n) is 3.06. The largest absolute Gasteiger partial charge is 0.389 e. The maximum Gasteiger partial charge on any atom is 0.120 e. The van der Waals surface area contributed by atoms with E-state index in [9.17, 15) is 4.91 Å². The highest BCUT2D eigenvalue weighted by Gasteiger charge is 2.22. The molecule has 1 aliphatic heterocycles. The smallest absolute Gasteiger partial charge is 0.120 e. The Hall–Kier alpha value is -0.480. The predicted molar refractivity (Wildman–Crippen MR) is 33.1 cm³/mol. The molecule has 1 rings (SSSR count). The summed E-state index contributed by atoms with van der Waals surface area (Å²) >= 11 is 0. The van der Waals surface area contributed by atoms with Gasteiger partial charge in [-0.05, 0) is 13.0 Å². The second-order valence-electron chi connectivity index (χ2n) is 2.23. The van der Waals surface area contributed by atoms with Gasteiger partial charge in [0.05, 0.1) is 6.10 Å². The molecule has 0 bridgehead atoms. The molecule has 2 N–H and O–H groups in total. The summed E-state index contributed by atoms with van der Waals surface area (Å²) in [4.78, 5) is 9.93. The van der Waals surface area contributed by atoms with Crippen molar-refractivity contribution >= 4 is 0 Å². The lowest BCUT2D eigenvalue weighted by atomic mass is 10.1. The number of rotatable bonds is 1. The third kappa shape index (κ3) is 1.46. The molecule has 0 spiro atoms. The van der Waals surface area contributed by atoms with E-state index in [0.717, 1.165) is 6.54 Å². The average Bonchev–Trinajstić information content (AvgIpc) is 1.89. The lowest BCUT2D eigenvalue weighted by molar-refractivity contribution is 0.121. The minimum absolute atomic E-state index is 0.383. The lowest BCUT2D eigenvalue weighted by Gasteiger charge is -2.22. The summed E-state index contributed by atoms with van der Waals surface area (Å²) in [6, 6.07) is -0.383. The predicted octanol–water partition coefficient (Wildman–Crippen LogP) is -0.524. The number of aliphatic hydroxyl groups excluding tert-OH is 1. The quantitative estimate of drug-likeness (QED) is 0.469. The van der Waals surface area contributed by atoms with Gasteiger partial charge in [0.2, 0.25) is 0 Å². The Bertz CT molecular complexity index is 107. The number of nitrogens with zero attached hydrogens (tertiary/aromatic N) is 1. The molecular weight excluding hydrogens is 120 g/mol. The molecule has 2 unspecified atom stereocenters. The van der Waals surface area contributed by atoms with E-state index in [-0.39, 0.29) is 6.04 Å². The summed E-state index contributed by atoms with van der Waals surface area (Å²) in [6.45, 7) is 1.28. The molecule has 4 heteroatoms. The maximum atomic E-state index is 9.93. The van der Waals surface area contributed by atoms with E-state index in [1.54, 1.807) is 0 Å². The van der Waals surface area contributed by atoms with Crippen molar-refractivity contribution in [2.75, 3.05) is 13.1 Å². The SMILES string of the molecule is O=NC1CCNCC1O. The van der Waals surface area contributed by atoms with E-state index in [0.29, 0.717) is 13.0 Å². The normalized spacial score (nSPS) is 36.1. The second-order valence-corrected chi connectivity index (χ2v) is 2.23. The first kappa shape index (κ1) is 6.64. The summed E-state index contributed by atoms with van der Waals surface area (Å²) in [6.07, 6.45) is 0.0845. The molecule has 2 atom stereocenters. The lowest BCUT2D eigenvalue weighted by Crippen LogP contribution is -2.42. The second kappa shape index (κ2) is 2.89. The van der Waals surface area contributed by atoms with Gasteiger partial charge in [-0.25, -0.2) is 0 Å². The molecular formula is C5H10N2O2. The van der Waals surface area contributed by atoms with Crippen LogP contribution < -0.4 is 5.32 Å². The Balaban J connectivity index is 2.38. The number of hydrogen-bond acceptors (Lipinski definition) is 4. The molecule has 0 radical (unpaired) electrons. The van der Waals surface area contributed by atoms with Crippen LogP contribution in [0.3, 0.4) is 0 Å². The van der Waals surface area contributed by atoms with Gasteiger partial charge in [-0.1, -0.05) is 5.18 Å². The molecule has 0 saturated carbocycles. The van der Waals surface area contributed by atoms with Gasteiger partial charge < -0.3 is 10.4 Å². The van der Waals surface area contributed by atoms with E-state index in [1.807, 2.05) is 0 Å². The fraction of sp³-hybridized carbons (Fsp3) is 1.00. The Morgan fingerprint density at radius 3 is 2.89 bits per heavy atom. The van der Waals surface area contributed by atoms with Crippen molar-refractivity contribution in [1.29, 1.82) is 0 Å². The molecule has 1 saturated heterocycles. The summed E-state index contributed by atoms with van der Waals surface area (Å²) in [7, 11) is 0. The zero-order valence-corrected chi connectivity index (χ0v) is 5.08. The van der Waals surface area contributed by atoms with Crippen LogP contribution in [0.5, 0.6) is 0 Å². The number of piperidine rings is 1. The van der Waals surface area contributed by atoms with Crippen molar-refractivity contribution < 1.29 is 5.11 Å². The van der Waals surface area contributed by atoms with Crippen LogP contribution in [0.15, 0.2) is 5.18 Å². The maximum absolute atomic E-state index is 9.93. The molecule has 0 amide bonds. The molecule has 4 nitrogen and oxygen atoms in total. The van der Waals surface area contributed by atoms with Gasteiger partial charge in [0.15, 0.2) is 0 Å². The number of β-amino-alcohol motifs (C(OH)–C–C–N with tert-alkyl or cyclic N) is 1. The summed E-state index contributed by atoms with van der Waals surface area (Å²) in [5, 5.41) is 14.8. The molecule has 0 aliphatic carbocycles. The van der Waals surface area contributed by atoms with Gasteiger partial charge in [0.25, 0.3) is 0 Å². The van der Waals surface area contributed by atoms with Crippen LogP contribution in [0.2, 0.25) is 0 Å². The van der Waals surface area contributed by atoms with Crippen molar-refractivity contribution in [2.45, 2.75) is 18.6 Å². The summed E-state index contributed by atoms with van der Waals surface area (Å²) in [5.74, 6) is 0. The van der Waals surface area contributed by atoms with E-state index in [1.165, 1.54) is 0 Å². The zero-order valence-electron chi connectivity index (χ0n) is 5.08. The number of nitroso groups, excluding NO2 is 1. The van der Waals surface area contributed by atoms with E-state index in [4.69, 9.17) is 5.11 Å². The molecule has 52 valence electrons. The summed E-state index contributed by atoms with van der Waals surface area (Å²) in [5.41, 5.74) is 0. The topological polar surface area (TPSA) is 61.7 Å². The number of hydrogen-bond donors (Lipinski definition) is 2. The van der Waals surface area contributed by atoms with Crippen molar-refractivity contribution in [3.05, 3.63) is 4.91 Å². The molecule has 0 aromatic carbocycles. The molecule has 1 aliphatic rings. The molecule has 1 heterocycles. The third-order valence-electron chi connectivity index (χ3n) is 1.55. The Kier molecular flexibility index (Phi) is 2.13. The van der Waals surface area contributed by atoms with Crippen molar-refractivity contribution in [3.8, 4) is 0 Å². The average molecular weight is 130 g/mol. The van der Waals surface area contributed by atoms with Gasteiger partial charge in [-0.2, -0.15) is 4.91 Å². The first-order valence-corrected chi connectivity index (χ1v) is 3.06. The van der Waals surface area contributed by atoms with Crippen LogP contribution in [0, 0.1) is 4.91 Å². The zero-order chi connectivity index (χ0) is 6.69. The standard InChI is InChI=1S/C5H10N2O2/c8-5-3-6-2-1-4(5)7-9/h4-6,8H,1-3H2. The van der Waals surface area contributed by atoms with E-state index >= 15 is 0 Å². The van der Waals surface area contributed by atoms with Crippen LogP contribution in [-0.2, 0) is 0 Å². The van der Waals surface area contributed by atoms with Gasteiger partial charge in [0, 0.05) is 6.54 Å². The monoisotopic (exact) mass is 130 g/mol. The van der Waals surface area contributed by atoms with Crippen molar-refractivity contribution in [3.63, 3.8) is 0 Å². The fourth-order valence-corrected chi connectivity index (χ4v) is 0.951. The van der Waals surface area contributed by atoms with Crippen molar-refractivity contribution in [2.24, 2.45) is 5.18 Å². The highest BCUT2D eigenvalue weighted by molar-refractivity contribution is 4.81. The van der Waals surface area contributed by atoms with Crippen LogP contribution in [-0.4, -0.2) is 30.3 Å². The van der Waals surface area contributed by atoms with Crippen LogP contribution in [0.1, 0.15) is 6.42 Å². The highest BCUT2D eigenvalue weighted by Crippen LogP contribution is 2.06. The number of aliphatic hydroxyl groups is 1. The molecule has 1 fully saturated rings. The molecule has 9 heavy (non-hydrogen) atoms. The van der Waals surface area contributed by atoms with Crippen LogP contribution in [0.25, 0.3) is 0 Å². The number of nitrogens with one attached hydrogen (secondary N) is 1. The first-order chi connectivity index (χ1) is 4.34. The van der Waals surface area contributed by atoms with Gasteiger partial charge >= 0.3 is 0 Å². The fourth-order valence-electron chi connectivity index (χ4n) is 0.951. The van der Waals surface area contributed by atoms with Gasteiger partial charge in [-0.3, -0.25) is 0 Å². The van der Waals surface area contributed by atoms with Gasteiger partial charge in [-0.15, -0.1) is 0 Å². The Morgan fingerprint density at radius 2 is 2.44 bits per heavy atom. The third-order valence-corrected chi connectivity index (χ3v) is 1.55. The van der Waals surface area contributed by atoms with Crippen LogP contribution in [0.4, 0.5) is 0 Å². The highest BCUT2D eigenvalue weighted by atomic mass is 16.3. The minimum Gasteiger partial charge on any atom is -0.389 e. The minimum atomic E-state index is -0.573. The Labute approximate surface area is 53.2 Å². The van der Waals surface area contributed by atoms with E-state index < -0.39 is 6.10 Å².